The van der Waals surface area contributed by atoms with Crippen molar-refractivity contribution >= 4 is 21.6 Å². The van der Waals surface area contributed by atoms with Crippen LogP contribution in [0.2, 0.25) is 0 Å². The number of ether oxygens (including phenoxy) is 1. The summed E-state index contributed by atoms with van der Waals surface area (Å²) in [5.41, 5.74) is 1.19. The Balaban J connectivity index is 2.00. The lowest BCUT2D eigenvalue weighted by atomic mass is 10.2. The summed E-state index contributed by atoms with van der Waals surface area (Å²) in [7, 11) is 0. The summed E-state index contributed by atoms with van der Waals surface area (Å²) >= 11 is 1.38. The normalized spacial score (nSPS) is 11.3. The molecule has 0 amide bonds. The minimum absolute atomic E-state index is 0.0582. The van der Waals surface area contributed by atoms with Gasteiger partial charge in [0.15, 0.2) is 6.61 Å². The van der Waals surface area contributed by atoms with Crippen molar-refractivity contribution < 1.29 is 13.5 Å². The molecular weight excluding hydrogens is 312 g/mol. The lowest BCUT2D eigenvalue weighted by molar-refractivity contribution is 0.0796. The number of rotatable bonds is 4. The van der Waals surface area contributed by atoms with Gasteiger partial charge in [-0.2, -0.15) is 0 Å². The highest BCUT2D eigenvalue weighted by atomic mass is 32.1. The summed E-state index contributed by atoms with van der Waals surface area (Å²) in [5, 5.41) is 2.43. The zero-order valence-electron chi connectivity index (χ0n) is 11.5. The summed E-state index contributed by atoms with van der Waals surface area (Å²) in [5.74, 6) is 0.409. The van der Waals surface area contributed by atoms with Crippen LogP contribution in [-0.4, -0.2) is 28.0 Å². The maximum atomic E-state index is 12.2. The number of nitrogens with zero attached hydrogens (tertiary/aromatic N) is 2. The molecule has 0 unspecified atom stereocenters. The van der Waals surface area contributed by atoms with E-state index >= 15 is 0 Å². The highest BCUT2D eigenvalue weighted by molar-refractivity contribution is 7.16. The zero-order valence-corrected chi connectivity index (χ0v) is 12.3. The van der Waals surface area contributed by atoms with Gasteiger partial charge in [-0.05, 0) is 23.9 Å². The van der Waals surface area contributed by atoms with Crippen molar-refractivity contribution in [1.29, 1.82) is 0 Å². The minimum atomic E-state index is -2.58. The lowest BCUT2D eigenvalue weighted by Gasteiger charge is -2.06. The van der Waals surface area contributed by atoms with Gasteiger partial charge in [0.05, 0.1) is 5.39 Å². The maximum absolute atomic E-state index is 12.2. The number of hydrogen-bond acceptors (Lipinski definition) is 5. The Morgan fingerprint density at radius 3 is 3.05 bits per heavy atom. The number of thiophene rings is 1. The number of fused-ring (bicyclic) bond motifs is 1. The fraction of sp³-hybridized carbons (Fsp3) is 0.214. The molecule has 1 N–H and O–H groups in total. The van der Waals surface area contributed by atoms with Gasteiger partial charge in [-0.1, -0.05) is 0 Å². The molecule has 0 saturated carbocycles. The molecule has 3 aromatic heterocycles. The fourth-order valence-electron chi connectivity index (χ4n) is 2.01. The molecule has 0 bridgehead atoms. The Labute approximate surface area is 127 Å². The second-order valence-corrected chi connectivity index (χ2v) is 5.46. The van der Waals surface area contributed by atoms with E-state index in [9.17, 15) is 13.6 Å². The molecule has 0 aliphatic carbocycles. The first kappa shape index (κ1) is 14.6. The third-order valence-electron chi connectivity index (χ3n) is 2.99. The second kappa shape index (κ2) is 5.80. The van der Waals surface area contributed by atoms with Crippen molar-refractivity contribution in [2.24, 2.45) is 0 Å². The Hall–Kier alpha value is -2.35. The van der Waals surface area contributed by atoms with E-state index in [0.29, 0.717) is 21.6 Å². The number of H-pyrrole nitrogens is 1. The monoisotopic (exact) mass is 323 g/mol. The molecule has 0 radical (unpaired) electrons. The fourth-order valence-corrected chi connectivity index (χ4v) is 2.93. The smallest absolute Gasteiger partial charge is 0.272 e. The molecule has 22 heavy (non-hydrogen) atoms. The van der Waals surface area contributed by atoms with Crippen LogP contribution in [-0.2, 0) is 0 Å². The molecule has 3 aromatic rings. The summed E-state index contributed by atoms with van der Waals surface area (Å²) in [6.07, 6.45) is -1.16. The van der Waals surface area contributed by atoms with Crippen LogP contribution in [0.5, 0.6) is 5.88 Å². The van der Waals surface area contributed by atoms with Crippen LogP contribution in [0.4, 0.5) is 8.78 Å². The van der Waals surface area contributed by atoms with E-state index in [1.165, 1.54) is 23.6 Å². The number of aromatic nitrogens is 3. The zero-order chi connectivity index (χ0) is 15.7. The topological polar surface area (TPSA) is 67.9 Å². The van der Waals surface area contributed by atoms with Crippen molar-refractivity contribution in [3.05, 3.63) is 39.6 Å². The van der Waals surface area contributed by atoms with Gasteiger partial charge < -0.3 is 9.72 Å². The summed E-state index contributed by atoms with van der Waals surface area (Å²) in [4.78, 5) is 23.7. The van der Waals surface area contributed by atoms with E-state index < -0.39 is 13.0 Å². The molecule has 0 fully saturated rings. The summed E-state index contributed by atoms with van der Waals surface area (Å²) in [6, 6.07) is 3.09. The number of aromatic amines is 1. The van der Waals surface area contributed by atoms with Gasteiger partial charge >= 0.3 is 0 Å². The van der Waals surface area contributed by atoms with Gasteiger partial charge in [0.1, 0.15) is 10.7 Å². The first-order chi connectivity index (χ1) is 10.5. The van der Waals surface area contributed by atoms with Crippen LogP contribution in [0.3, 0.4) is 0 Å². The van der Waals surface area contributed by atoms with E-state index in [0.717, 1.165) is 5.56 Å². The average molecular weight is 323 g/mol. The Kier molecular flexibility index (Phi) is 3.84. The van der Waals surface area contributed by atoms with Crippen LogP contribution >= 0.6 is 11.3 Å². The maximum Gasteiger partial charge on any atom is 0.272 e. The highest BCUT2D eigenvalue weighted by Gasteiger charge is 2.11. The summed E-state index contributed by atoms with van der Waals surface area (Å²) < 4.78 is 29.2. The Bertz CT molecular complexity index is 876. The van der Waals surface area contributed by atoms with E-state index in [1.54, 1.807) is 6.07 Å². The third kappa shape index (κ3) is 2.82. The quantitative estimate of drug-likeness (QED) is 0.801. The van der Waals surface area contributed by atoms with Crippen molar-refractivity contribution in [3.8, 4) is 17.3 Å². The molecule has 0 aliphatic rings. The molecule has 0 saturated heterocycles. The predicted octanol–water partition coefficient (Wildman–Crippen LogP) is 3.00. The van der Waals surface area contributed by atoms with Crippen LogP contribution in [0.15, 0.2) is 28.5 Å². The van der Waals surface area contributed by atoms with Crippen LogP contribution in [0.25, 0.3) is 21.6 Å². The van der Waals surface area contributed by atoms with Crippen molar-refractivity contribution in [3.63, 3.8) is 0 Å². The average Bonchev–Trinajstić information content (AvgIpc) is 2.87. The van der Waals surface area contributed by atoms with Crippen LogP contribution < -0.4 is 10.3 Å². The first-order valence-corrected chi connectivity index (χ1v) is 7.28. The number of alkyl halides is 2. The second-order valence-electron chi connectivity index (χ2n) is 4.60. The molecule has 0 atom stereocenters. The van der Waals surface area contributed by atoms with Crippen molar-refractivity contribution in [2.75, 3.05) is 6.61 Å². The van der Waals surface area contributed by atoms with Gasteiger partial charge in [-0.15, -0.1) is 11.3 Å². The molecule has 8 heteroatoms. The molecule has 3 rings (SSSR count). The SMILES string of the molecule is Cc1csc2nc(-c3ccnc(OCC(F)F)c3)[nH]c(=O)c12. The lowest BCUT2D eigenvalue weighted by Crippen LogP contribution is -2.10. The minimum Gasteiger partial charge on any atom is -0.472 e. The predicted molar refractivity (Wildman–Crippen MR) is 79.7 cm³/mol. The molecule has 114 valence electrons. The number of halogens is 2. The Morgan fingerprint density at radius 2 is 2.27 bits per heavy atom. The number of nitrogens with one attached hydrogen (secondary N) is 1. The largest absolute Gasteiger partial charge is 0.472 e. The van der Waals surface area contributed by atoms with E-state index in [1.807, 2.05) is 12.3 Å². The van der Waals surface area contributed by atoms with Gasteiger partial charge in [-0.3, -0.25) is 4.79 Å². The molecule has 5 nitrogen and oxygen atoms in total. The van der Waals surface area contributed by atoms with Gasteiger partial charge in [0, 0.05) is 17.8 Å². The molecule has 0 spiro atoms. The van der Waals surface area contributed by atoms with Gasteiger partial charge in [-0.25, -0.2) is 18.7 Å². The molecule has 0 aromatic carbocycles. The van der Waals surface area contributed by atoms with E-state index in [-0.39, 0.29) is 11.4 Å². The van der Waals surface area contributed by atoms with Gasteiger partial charge in [0.2, 0.25) is 5.88 Å². The number of pyridine rings is 1. The number of hydrogen-bond donors (Lipinski definition) is 1. The standard InChI is InChI=1S/C14H11F2N3O2S/c1-7-6-22-14-11(7)13(20)18-12(19-14)8-2-3-17-10(4-8)21-5-9(15)16/h2-4,6,9H,5H2,1H3,(H,18,19,20). The molecule has 3 heterocycles. The van der Waals surface area contributed by atoms with Crippen molar-refractivity contribution in [2.45, 2.75) is 13.3 Å². The number of aryl methyl sites for hydroxylation is 1. The molecule has 0 aliphatic heterocycles. The first-order valence-electron chi connectivity index (χ1n) is 6.40. The third-order valence-corrected chi connectivity index (χ3v) is 3.98. The molecular formula is C14H11F2N3O2S. The summed E-state index contributed by atoms with van der Waals surface area (Å²) in [6.45, 7) is 1.11. The van der Waals surface area contributed by atoms with Crippen LogP contribution in [0.1, 0.15) is 5.56 Å². The van der Waals surface area contributed by atoms with Crippen LogP contribution in [0, 0.1) is 6.92 Å². The highest BCUT2D eigenvalue weighted by Crippen LogP contribution is 2.24. The van der Waals surface area contributed by atoms with E-state index in [2.05, 4.69) is 15.0 Å². The van der Waals surface area contributed by atoms with Gasteiger partial charge in [0.25, 0.3) is 12.0 Å². The van der Waals surface area contributed by atoms with Crippen molar-refractivity contribution in [1.82, 2.24) is 15.0 Å². The Morgan fingerprint density at radius 1 is 1.45 bits per heavy atom. The van der Waals surface area contributed by atoms with E-state index in [4.69, 9.17) is 4.74 Å².